The second-order valence-corrected chi connectivity index (χ2v) is 30.8. The minimum atomic E-state index is -1.65. The molecule has 115 heavy (non-hydrogen) atoms. The number of carbonyl (C=O) groups excluding carboxylic acids is 15. The van der Waals surface area contributed by atoms with Crippen molar-refractivity contribution < 1.29 is 92.0 Å². The van der Waals surface area contributed by atoms with Crippen LogP contribution in [0.4, 0.5) is 0 Å². The maximum absolute atomic E-state index is 14.9. The van der Waals surface area contributed by atoms with Gasteiger partial charge in [0.2, 0.25) is 88.6 Å². The number of aliphatic hydroxyl groups is 1. The van der Waals surface area contributed by atoms with Crippen LogP contribution in [-0.2, 0) is 96.0 Å². The summed E-state index contributed by atoms with van der Waals surface area (Å²) in [6.45, 7) is 16.9. The molecule has 2 aromatic heterocycles. The number of aromatic nitrogens is 4. The molecule has 2 aliphatic rings. The summed E-state index contributed by atoms with van der Waals surface area (Å²) in [5.74, 6) is -15.1. The Hall–Kier alpha value is -11.1. The first-order valence-corrected chi connectivity index (χ1v) is 39.1. The molecule has 0 saturated carbocycles. The summed E-state index contributed by atoms with van der Waals surface area (Å²) >= 11 is 0. The first-order valence-electron chi connectivity index (χ1n) is 39.1. The molecule has 0 aliphatic carbocycles. The van der Waals surface area contributed by atoms with Gasteiger partial charge >= 0.3 is 5.97 Å². The van der Waals surface area contributed by atoms with Gasteiger partial charge in [-0.25, -0.2) is 9.97 Å². The Kier molecular flexibility index (Phi) is 38.0. The molecule has 15 amide bonds. The zero-order valence-electron chi connectivity index (χ0n) is 67.3. The van der Waals surface area contributed by atoms with E-state index in [1.54, 1.807) is 55.4 Å². The molecular weight excluding hydrogens is 1500 g/mol. The number of likely N-dealkylation sites (tertiary alicyclic amines) is 2. The number of hydrogen-bond acceptors (Lipinski definition) is 21. The van der Waals surface area contributed by atoms with Crippen LogP contribution in [0.5, 0.6) is 5.75 Å². The van der Waals surface area contributed by atoms with E-state index >= 15 is 0 Å². The van der Waals surface area contributed by atoms with E-state index in [9.17, 15) is 86.9 Å². The van der Waals surface area contributed by atoms with Crippen LogP contribution in [-0.4, -0.2) is 251 Å². The van der Waals surface area contributed by atoms with E-state index in [1.165, 1.54) is 66.0 Å². The number of nitrogens with zero attached hydrogens (tertiary/aromatic N) is 4. The molecule has 21 N–H and O–H groups in total. The summed E-state index contributed by atoms with van der Waals surface area (Å²) in [4.78, 5) is 237. The number of primary amides is 1. The molecule has 15 atom stereocenters. The highest BCUT2D eigenvalue weighted by Gasteiger charge is 2.44. The predicted molar refractivity (Wildman–Crippen MR) is 415 cm³/mol. The third-order valence-electron chi connectivity index (χ3n) is 19.9. The molecule has 5 rings (SSSR count). The molecule has 0 unspecified atom stereocenters. The van der Waals surface area contributed by atoms with Crippen LogP contribution >= 0.6 is 0 Å². The summed E-state index contributed by atoms with van der Waals surface area (Å²) in [5.41, 5.74) is 12.4. The lowest BCUT2D eigenvalue weighted by Crippen LogP contribution is -2.61. The number of H-pyrrole nitrogens is 2. The SMILES string of the molecule is CC[C@H](C)[C@H](NC(=O)[C@H](CO)NC(=O)[C@@H]1CCCN1C(=O)[C@H](CC(C)C)NC(=O)[C@H](Cc1ccc(O)cc1)NC(=O)[C@H](C)NC(=O)[C@H](Cc1cnc[nH]1)NC(=O)[C@H](Cc1cnc[nH]1)NC(=O)[C@H](CC(C)C)NC(=O)[C@@H](NC(=O)[C@@H]1CCCN1C(=O)[C@H](CC(C)C)NC(=O)[C@@H](N)CCC(N)=O)[C@@H](C)CC)C(=O)NCC(=O)NCC(=O)O. The number of carboxylic acids is 1. The molecule has 2 fully saturated rings. The van der Waals surface area contributed by atoms with Crippen LogP contribution in [0, 0.1) is 29.6 Å². The van der Waals surface area contributed by atoms with Crippen LogP contribution in [0.3, 0.4) is 0 Å². The maximum atomic E-state index is 14.9. The Bertz CT molecular complexity index is 3800. The van der Waals surface area contributed by atoms with Gasteiger partial charge in [-0.05, 0) is 106 Å². The number of aliphatic hydroxyl groups excluding tert-OH is 1. The molecule has 0 spiro atoms. The van der Waals surface area contributed by atoms with Crippen molar-refractivity contribution in [3.8, 4) is 5.75 Å². The van der Waals surface area contributed by atoms with Crippen molar-refractivity contribution in [2.45, 2.75) is 245 Å². The maximum Gasteiger partial charge on any atom is 0.322 e. The quantitative estimate of drug-likeness (QED) is 0.0265. The number of hydrogen-bond donors (Lipinski definition) is 19. The molecule has 39 heteroatoms. The van der Waals surface area contributed by atoms with Crippen molar-refractivity contribution in [1.29, 1.82) is 0 Å². The van der Waals surface area contributed by atoms with E-state index in [0.717, 1.165) is 0 Å². The highest BCUT2D eigenvalue weighted by atomic mass is 16.4. The minimum absolute atomic E-state index is 0.00817. The number of carboxylic acid groups (broad SMARTS) is 1. The first-order chi connectivity index (χ1) is 54.3. The summed E-state index contributed by atoms with van der Waals surface area (Å²) in [7, 11) is 0. The zero-order chi connectivity index (χ0) is 85.5. The number of nitrogens with one attached hydrogen (secondary N) is 14. The van der Waals surface area contributed by atoms with Crippen molar-refractivity contribution in [2.75, 3.05) is 32.8 Å². The Labute approximate surface area is 668 Å². The molecule has 636 valence electrons. The summed E-state index contributed by atoms with van der Waals surface area (Å²) in [6.07, 6.45) is 6.47. The minimum Gasteiger partial charge on any atom is -0.508 e. The van der Waals surface area contributed by atoms with Gasteiger partial charge in [-0.3, -0.25) is 76.7 Å². The number of rotatable bonds is 47. The normalized spacial score (nSPS) is 17.4. The number of carbonyl (C=O) groups is 16. The van der Waals surface area contributed by atoms with Crippen molar-refractivity contribution in [3.63, 3.8) is 0 Å². The number of nitrogens with two attached hydrogens (primary N) is 2. The molecule has 2 aliphatic heterocycles. The largest absolute Gasteiger partial charge is 0.508 e. The van der Waals surface area contributed by atoms with Crippen LogP contribution in [0.25, 0.3) is 0 Å². The molecule has 0 bridgehead atoms. The third-order valence-corrected chi connectivity index (χ3v) is 19.9. The Balaban J connectivity index is 1.33. The van der Waals surface area contributed by atoms with E-state index in [4.69, 9.17) is 16.6 Å². The lowest BCUT2D eigenvalue weighted by molar-refractivity contribution is -0.143. The van der Waals surface area contributed by atoms with E-state index < -0.39 is 205 Å². The van der Waals surface area contributed by atoms with Gasteiger partial charge in [0.25, 0.3) is 0 Å². The van der Waals surface area contributed by atoms with E-state index in [1.807, 2.05) is 13.8 Å². The van der Waals surface area contributed by atoms with Crippen LogP contribution in [0.2, 0.25) is 0 Å². The molecular formula is C76H118N20O19. The number of phenolic OH excluding ortho intramolecular Hbond substituents is 1. The van der Waals surface area contributed by atoms with Gasteiger partial charge in [0.05, 0.1) is 31.8 Å². The standard InChI is InChI=1S/C76H118N20O19/c1-12-42(9)62(73(112)82-34-60(100)81-35-61(101)102)93-70(109)56(36-97)92-71(110)57-16-14-24-95(57)76(115)55(28-41(7)8)91-68(107)51(29-45-18-20-48(98)21-19-45)86-64(103)44(11)85-66(105)52(30-46-32-79-37-83-46)87-69(108)53(31-47-33-80-38-84-47)88-67(106)50(26-39(3)4)89-74(113)63(43(10)13-2)94-72(111)58-17-15-25-96(58)75(114)54(27-40(5)6)90-65(104)49(77)22-23-59(78)99/h18-21,32-33,37-44,49-58,62-63,97-98H,12-17,22-31,34-36,77H2,1-11H3,(H2,78,99)(H,79,83)(H,80,84)(H,81,100)(H,82,112)(H,85,105)(H,86,103)(H,87,108)(H,88,106)(H,89,113)(H,90,104)(H,91,107)(H,92,110)(H,93,109)(H,94,111)(H,101,102)/t42-,43-,44-,49-,50-,51-,52-,53-,54-,55-,56-,57-,58-,62-,63-/m0/s1. The van der Waals surface area contributed by atoms with Gasteiger partial charge < -0.3 is 110 Å². The second kappa shape index (κ2) is 46.3. The number of benzene rings is 1. The number of aliphatic carboxylic acids is 1. The molecule has 39 nitrogen and oxygen atoms in total. The Morgan fingerprint density at radius 2 is 0.922 bits per heavy atom. The van der Waals surface area contributed by atoms with Crippen LogP contribution in [0.1, 0.15) is 164 Å². The third kappa shape index (κ3) is 30.3. The fraction of sp³-hybridized carbons (Fsp3) is 0.632. The average molecular weight is 1620 g/mol. The highest BCUT2D eigenvalue weighted by molar-refractivity contribution is 6.01. The monoisotopic (exact) mass is 1610 g/mol. The number of aromatic hydroxyl groups is 1. The summed E-state index contributed by atoms with van der Waals surface area (Å²) in [5, 5.41) is 60.7. The van der Waals surface area contributed by atoms with Gasteiger partial charge in [0.15, 0.2) is 0 Å². The highest BCUT2D eigenvalue weighted by Crippen LogP contribution is 2.25. The van der Waals surface area contributed by atoms with Crippen molar-refractivity contribution in [1.82, 2.24) is 93.5 Å². The van der Waals surface area contributed by atoms with Crippen molar-refractivity contribution >= 4 is 94.6 Å². The Morgan fingerprint density at radius 1 is 0.496 bits per heavy atom. The van der Waals surface area contributed by atoms with E-state index in [0.29, 0.717) is 42.6 Å². The fourth-order valence-electron chi connectivity index (χ4n) is 13.2. The fourth-order valence-corrected chi connectivity index (χ4v) is 13.2. The molecule has 3 aromatic rings. The number of phenols is 1. The zero-order valence-corrected chi connectivity index (χ0v) is 67.3. The molecule has 0 radical (unpaired) electrons. The first kappa shape index (κ1) is 94.5. The lowest BCUT2D eigenvalue weighted by atomic mass is 9.96. The van der Waals surface area contributed by atoms with Crippen LogP contribution in [0.15, 0.2) is 49.3 Å². The number of aromatic amines is 2. The van der Waals surface area contributed by atoms with Gasteiger partial charge in [-0.15, -0.1) is 0 Å². The predicted octanol–water partition coefficient (Wildman–Crippen LogP) is -3.15. The smallest absolute Gasteiger partial charge is 0.322 e. The summed E-state index contributed by atoms with van der Waals surface area (Å²) < 4.78 is 0. The number of amides is 15. The topological polar surface area (TPSA) is 594 Å². The van der Waals surface area contributed by atoms with Gasteiger partial charge in [0, 0.05) is 62.6 Å². The lowest BCUT2D eigenvalue weighted by Gasteiger charge is -2.32. The average Bonchev–Trinajstić information content (AvgIpc) is 1.74. The van der Waals surface area contributed by atoms with Crippen LogP contribution < -0.4 is 75.3 Å². The van der Waals surface area contributed by atoms with Gasteiger partial charge in [-0.2, -0.15) is 0 Å². The second-order valence-electron chi connectivity index (χ2n) is 30.8. The molecule has 1 aromatic carbocycles. The van der Waals surface area contributed by atoms with E-state index in [2.05, 4.69) is 83.7 Å². The van der Waals surface area contributed by atoms with Crippen molar-refractivity contribution in [3.05, 3.63) is 66.3 Å². The molecule has 4 heterocycles. The van der Waals surface area contributed by atoms with Gasteiger partial charge in [0.1, 0.15) is 84.8 Å². The van der Waals surface area contributed by atoms with Crippen molar-refractivity contribution in [2.24, 2.45) is 41.1 Å². The van der Waals surface area contributed by atoms with Gasteiger partial charge in [-0.1, -0.05) is 94.2 Å². The number of imidazole rings is 2. The summed E-state index contributed by atoms with van der Waals surface area (Å²) in [6, 6.07) is -11.7. The molecule has 2 saturated heterocycles. The Morgan fingerprint density at radius 3 is 1.38 bits per heavy atom. The van der Waals surface area contributed by atoms with E-state index in [-0.39, 0.29) is 101 Å².